The molecule has 128 valence electrons. The maximum absolute atomic E-state index is 9.80. The summed E-state index contributed by atoms with van der Waals surface area (Å²) in [5.74, 6) is 0.225. The molecule has 1 aliphatic rings. The van der Waals surface area contributed by atoms with E-state index in [-0.39, 0.29) is 5.75 Å². The van der Waals surface area contributed by atoms with Crippen molar-refractivity contribution in [3.8, 4) is 28.3 Å². The summed E-state index contributed by atoms with van der Waals surface area (Å²) in [6, 6.07) is 13.4. The molecule has 0 saturated carbocycles. The average molecular weight is 342 g/mol. The van der Waals surface area contributed by atoms with E-state index in [0.717, 1.165) is 58.5 Å². The van der Waals surface area contributed by atoms with Crippen LogP contribution in [0.25, 0.3) is 33.4 Å². The van der Waals surface area contributed by atoms with Crippen molar-refractivity contribution in [2.24, 2.45) is 0 Å². The van der Waals surface area contributed by atoms with E-state index in [1.165, 1.54) is 5.69 Å². The normalized spacial score (nSPS) is 13.3. The van der Waals surface area contributed by atoms with E-state index in [2.05, 4.69) is 9.67 Å². The van der Waals surface area contributed by atoms with E-state index in [9.17, 15) is 5.11 Å². The van der Waals surface area contributed by atoms with Gasteiger partial charge in [-0.2, -0.15) is 5.10 Å². The van der Waals surface area contributed by atoms with Gasteiger partial charge in [-0.15, -0.1) is 0 Å². The Kier molecular flexibility index (Phi) is 3.28. The number of benzene rings is 1. The Hall–Kier alpha value is -3.21. The monoisotopic (exact) mass is 342 g/mol. The molecule has 0 saturated heterocycles. The SMILES string of the molecule is Cc1cccc(-c2nn3c(c2-c2ccnc4cc(O)ccc24)CCC3)n1. The Balaban J connectivity index is 1.83. The molecule has 26 heavy (non-hydrogen) atoms. The van der Waals surface area contributed by atoms with Crippen LogP contribution in [0.1, 0.15) is 17.8 Å². The predicted octanol–water partition coefficient (Wildman–Crippen LogP) is 4.12. The molecule has 1 N–H and O–H groups in total. The molecule has 0 aliphatic carbocycles. The van der Waals surface area contributed by atoms with Crippen LogP contribution in [-0.2, 0) is 13.0 Å². The van der Waals surface area contributed by atoms with Crippen LogP contribution in [-0.4, -0.2) is 24.9 Å². The summed E-state index contributed by atoms with van der Waals surface area (Å²) >= 11 is 0. The summed E-state index contributed by atoms with van der Waals surface area (Å²) in [4.78, 5) is 9.12. The highest BCUT2D eigenvalue weighted by Crippen LogP contribution is 2.40. The van der Waals surface area contributed by atoms with Crippen molar-refractivity contribution in [2.75, 3.05) is 0 Å². The summed E-state index contributed by atoms with van der Waals surface area (Å²) in [6.45, 7) is 2.94. The van der Waals surface area contributed by atoms with Gasteiger partial charge in [0.2, 0.25) is 0 Å². The van der Waals surface area contributed by atoms with Gasteiger partial charge in [-0.1, -0.05) is 6.07 Å². The molecule has 0 unspecified atom stereocenters. The van der Waals surface area contributed by atoms with Crippen molar-refractivity contribution >= 4 is 10.9 Å². The smallest absolute Gasteiger partial charge is 0.119 e. The molecule has 0 spiro atoms. The number of aromatic nitrogens is 4. The molecule has 5 rings (SSSR count). The van der Waals surface area contributed by atoms with E-state index in [4.69, 9.17) is 10.1 Å². The fraction of sp³-hybridized carbons (Fsp3) is 0.190. The first kappa shape index (κ1) is 15.1. The van der Waals surface area contributed by atoms with Gasteiger partial charge in [0.1, 0.15) is 11.4 Å². The van der Waals surface area contributed by atoms with E-state index in [1.807, 2.05) is 37.3 Å². The second-order valence-electron chi connectivity index (χ2n) is 6.72. The average Bonchev–Trinajstić information content (AvgIpc) is 3.22. The number of hydrogen-bond acceptors (Lipinski definition) is 4. The molecule has 1 aliphatic heterocycles. The number of phenols is 1. The van der Waals surface area contributed by atoms with Gasteiger partial charge in [0.05, 0.1) is 11.2 Å². The molecule has 1 aromatic carbocycles. The largest absolute Gasteiger partial charge is 0.508 e. The Morgan fingerprint density at radius 2 is 2.04 bits per heavy atom. The second kappa shape index (κ2) is 5.66. The number of rotatable bonds is 2. The molecule has 3 aromatic heterocycles. The highest BCUT2D eigenvalue weighted by atomic mass is 16.3. The first-order valence-corrected chi connectivity index (χ1v) is 8.82. The Morgan fingerprint density at radius 3 is 2.92 bits per heavy atom. The minimum absolute atomic E-state index is 0.225. The van der Waals surface area contributed by atoms with Gasteiger partial charge in [-0.3, -0.25) is 14.6 Å². The molecule has 4 heterocycles. The number of phenolic OH excluding ortho intramolecular Hbond substituents is 1. The van der Waals surface area contributed by atoms with Crippen LogP contribution >= 0.6 is 0 Å². The minimum Gasteiger partial charge on any atom is -0.508 e. The van der Waals surface area contributed by atoms with Gasteiger partial charge in [0.15, 0.2) is 0 Å². The van der Waals surface area contributed by atoms with Gasteiger partial charge in [0.25, 0.3) is 0 Å². The summed E-state index contributed by atoms with van der Waals surface area (Å²) in [5.41, 5.74) is 7.06. The van der Waals surface area contributed by atoms with E-state index in [0.29, 0.717) is 0 Å². The molecular formula is C21H18N4O. The summed E-state index contributed by atoms with van der Waals surface area (Å²) in [5, 5.41) is 15.7. The number of hydrogen-bond donors (Lipinski definition) is 1. The van der Waals surface area contributed by atoms with E-state index >= 15 is 0 Å². The Labute approximate surface area is 151 Å². The lowest BCUT2D eigenvalue weighted by molar-refractivity contribution is 0.476. The molecule has 4 aromatic rings. The molecule has 5 nitrogen and oxygen atoms in total. The number of aromatic hydroxyl groups is 1. The van der Waals surface area contributed by atoms with E-state index in [1.54, 1.807) is 18.3 Å². The van der Waals surface area contributed by atoms with Crippen LogP contribution in [0.4, 0.5) is 0 Å². The lowest BCUT2D eigenvalue weighted by atomic mass is 9.96. The third kappa shape index (κ3) is 2.28. The minimum atomic E-state index is 0.225. The Bertz CT molecular complexity index is 1150. The highest BCUT2D eigenvalue weighted by molar-refractivity contribution is 5.99. The molecule has 0 atom stereocenters. The topological polar surface area (TPSA) is 63.8 Å². The van der Waals surface area contributed by atoms with Crippen LogP contribution in [0.3, 0.4) is 0 Å². The highest BCUT2D eigenvalue weighted by Gasteiger charge is 2.25. The predicted molar refractivity (Wildman–Crippen MR) is 101 cm³/mol. The second-order valence-corrected chi connectivity index (χ2v) is 6.72. The Morgan fingerprint density at radius 1 is 1.12 bits per heavy atom. The van der Waals surface area contributed by atoms with Crippen LogP contribution in [0, 0.1) is 6.92 Å². The van der Waals surface area contributed by atoms with Crippen molar-refractivity contribution in [1.82, 2.24) is 19.7 Å². The summed E-state index contributed by atoms with van der Waals surface area (Å²) in [7, 11) is 0. The first-order chi connectivity index (χ1) is 12.7. The standard InChI is InChI=1S/C21H18N4O/c1-13-4-2-5-17(23-13)21-20(19-6-3-11-25(19)24-21)16-9-10-22-18-12-14(26)7-8-15(16)18/h2,4-5,7-10,12,26H,3,6,11H2,1H3. The fourth-order valence-electron chi connectivity index (χ4n) is 3.82. The lowest BCUT2D eigenvalue weighted by Gasteiger charge is -2.09. The molecule has 0 fully saturated rings. The fourth-order valence-corrected chi connectivity index (χ4v) is 3.82. The van der Waals surface area contributed by atoms with Crippen LogP contribution in [0.15, 0.2) is 48.7 Å². The molecular weight excluding hydrogens is 324 g/mol. The third-order valence-corrected chi connectivity index (χ3v) is 4.97. The van der Waals surface area contributed by atoms with Gasteiger partial charge < -0.3 is 5.11 Å². The van der Waals surface area contributed by atoms with Crippen molar-refractivity contribution in [1.29, 1.82) is 0 Å². The summed E-state index contributed by atoms with van der Waals surface area (Å²) in [6.07, 6.45) is 3.92. The van der Waals surface area contributed by atoms with Crippen LogP contribution in [0.5, 0.6) is 5.75 Å². The van der Waals surface area contributed by atoms with Crippen molar-refractivity contribution in [3.05, 3.63) is 60.0 Å². The van der Waals surface area contributed by atoms with Crippen molar-refractivity contribution < 1.29 is 5.11 Å². The van der Waals surface area contributed by atoms with Gasteiger partial charge in [0, 0.05) is 41.1 Å². The van der Waals surface area contributed by atoms with Crippen molar-refractivity contribution in [2.45, 2.75) is 26.3 Å². The number of aryl methyl sites for hydroxylation is 2. The van der Waals surface area contributed by atoms with Crippen LogP contribution in [0.2, 0.25) is 0 Å². The zero-order valence-electron chi connectivity index (χ0n) is 14.5. The van der Waals surface area contributed by atoms with Gasteiger partial charge in [-0.05, 0) is 55.7 Å². The molecule has 0 amide bonds. The number of nitrogens with zero attached hydrogens (tertiary/aromatic N) is 4. The van der Waals surface area contributed by atoms with E-state index < -0.39 is 0 Å². The maximum Gasteiger partial charge on any atom is 0.119 e. The quantitative estimate of drug-likeness (QED) is 0.595. The van der Waals surface area contributed by atoms with Crippen molar-refractivity contribution in [3.63, 3.8) is 0 Å². The van der Waals surface area contributed by atoms with Crippen LogP contribution < -0.4 is 0 Å². The summed E-state index contributed by atoms with van der Waals surface area (Å²) < 4.78 is 2.11. The first-order valence-electron chi connectivity index (χ1n) is 8.82. The zero-order valence-corrected chi connectivity index (χ0v) is 14.5. The molecule has 0 radical (unpaired) electrons. The third-order valence-electron chi connectivity index (χ3n) is 4.97. The maximum atomic E-state index is 9.80. The van der Waals surface area contributed by atoms with Gasteiger partial charge in [-0.25, -0.2) is 0 Å². The zero-order chi connectivity index (χ0) is 17.7. The lowest BCUT2D eigenvalue weighted by Crippen LogP contribution is -1.95. The molecule has 0 bridgehead atoms. The van der Waals surface area contributed by atoms with Gasteiger partial charge >= 0.3 is 0 Å². The number of pyridine rings is 2. The molecule has 5 heteroatoms. The number of fused-ring (bicyclic) bond motifs is 2.